The molecule has 1 unspecified atom stereocenters. The number of fused-ring (bicyclic) bond motifs is 1. The fourth-order valence-corrected chi connectivity index (χ4v) is 5.00. The predicted molar refractivity (Wildman–Crippen MR) is 122 cm³/mol. The average molecular weight is 457 g/mol. The molecule has 0 fully saturated rings. The molecule has 0 aliphatic heterocycles. The maximum Gasteiger partial charge on any atom is 0.306 e. The quantitative estimate of drug-likeness (QED) is 0.467. The number of nitriles is 1. The van der Waals surface area contributed by atoms with Crippen LogP contribution in [0, 0.1) is 11.3 Å². The van der Waals surface area contributed by atoms with E-state index in [1.807, 2.05) is 12.1 Å². The van der Waals surface area contributed by atoms with E-state index in [2.05, 4.69) is 11.4 Å². The van der Waals surface area contributed by atoms with E-state index in [0.717, 1.165) is 43.2 Å². The zero-order valence-corrected chi connectivity index (χ0v) is 19.5. The van der Waals surface area contributed by atoms with Crippen molar-refractivity contribution >= 4 is 28.2 Å². The number of anilines is 1. The lowest BCUT2D eigenvalue weighted by molar-refractivity contribution is -0.153. The maximum atomic E-state index is 12.6. The molecule has 0 radical (unpaired) electrons. The molecule has 0 spiro atoms. The Balaban J connectivity index is 1.56. The Labute approximate surface area is 192 Å². The number of hydrogen-bond donors (Lipinski definition) is 1. The highest BCUT2D eigenvalue weighted by Gasteiger charge is 2.24. The van der Waals surface area contributed by atoms with Crippen LogP contribution in [0.2, 0.25) is 0 Å². The van der Waals surface area contributed by atoms with E-state index in [4.69, 9.17) is 14.2 Å². The normalized spacial score (nSPS) is 13.8. The molecule has 1 aliphatic rings. The van der Waals surface area contributed by atoms with Crippen LogP contribution in [0.1, 0.15) is 54.2 Å². The number of methoxy groups -OCH3 is 2. The molecule has 0 saturated carbocycles. The topological polar surface area (TPSA) is 97.6 Å². The Hall–Kier alpha value is -3.05. The molecule has 1 N–H and O–H groups in total. The van der Waals surface area contributed by atoms with Crippen molar-refractivity contribution in [3.8, 4) is 17.6 Å². The number of amides is 1. The summed E-state index contributed by atoms with van der Waals surface area (Å²) in [6.45, 7) is 1.54. The molecular weight excluding hydrogens is 428 g/mol. The van der Waals surface area contributed by atoms with Crippen molar-refractivity contribution in [3.63, 3.8) is 0 Å². The second-order valence-corrected chi connectivity index (χ2v) is 8.80. The summed E-state index contributed by atoms with van der Waals surface area (Å²) in [6.07, 6.45) is 4.73. The van der Waals surface area contributed by atoms with Gasteiger partial charge in [0.05, 0.1) is 19.8 Å². The van der Waals surface area contributed by atoms with Gasteiger partial charge in [-0.05, 0) is 62.3 Å². The van der Waals surface area contributed by atoms with Gasteiger partial charge in [-0.1, -0.05) is 12.5 Å². The number of nitrogens with one attached hydrogen (secondary N) is 1. The lowest BCUT2D eigenvalue weighted by atomic mass is 10.1. The minimum Gasteiger partial charge on any atom is -0.493 e. The van der Waals surface area contributed by atoms with Gasteiger partial charge in [-0.3, -0.25) is 9.59 Å². The fourth-order valence-electron chi connectivity index (χ4n) is 3.75. The molecule has 1 aliphatic carbocycles. The van der Waals surface area contributed by atoms with Crippen molar-refractivity contribution in [3.05, 3.63) is 39.8 Å². The van der Waals surface area contributed by atoms with Gasteiger partial charge in [-0.15, -0.1) is 11.3 Å². The first-order valence-corrected chi connectivity index (χ1v) is 11.5. The van der Waals surface area contributed by atoms with Gasteiger partial charge in [0, 0.05) is 11.3 Å². The van der Waals surface area contributed by atoms with Crippen LogP contribution in [0.15, 0.2) is 18.2 Å². The van der Waals surface area contributed by atoms with Crippen molar-refractivity contribution in [1.82, 2.24) is 0 Å². The molecule has 7 nitrogen and oxygen atoms in total. The zero-order valence-electron chi connectivity index (χ0n) is 18.7. The van der Waals surface area contributed by atoms with Gasteiger partial charge in [0.25, 0.3) is 5.91 Å². The molecule has 2 aromatic rings. The van der Waals surface area contributed by atoms with Gasteiger partial charge < -0.3 is 19.5 Å². The second kappa shape index (κ2) is 11.0. The van der Waals surface area contributed by atoms with E-state index in [-0.39, 0.29) is 6.42 Å². The summed E-state index contributed by atoms with van der Waals surface area (Å²) in [7, 11) is 3.12. The summed E-state index contributed by atoms with van der Waals surface area (Å²) >= 11 is 1.46. The molecule has 170 valence electrons. The van der Waals surface area contributed by atoms with Gasteiger partial charge in [0.2, 0.25) is 0 Å². The van der Waals surface area contributed by atoms with Crippen LogP contribution in [-0.4, -0.2) is 32.2 Å². The Kier molecular flexibility index (Phi) is 8.12. The van der Waals surface area contributed by atoms with Crippen molar-refractivity contribution in [2.24, 2.45) is 0 Å². The summed E-state index contributed by atoms with van der Waals surface area (Å²) in [5, 5.41) is 13.0. The highest BCUT2D eigenvalue weighted by Crippen LogP contribution is 2.37. The van der Waals surface area contributed by atoms with E-state index >= 15 is 0 Å². The van der Waals surface area contributed by atoms with Crippen molar-refractivity contribution < 1.29 is 23.8 Å². The molecule has 32 heavy (non-hydrogen) atoms. The number of thiophene rings is 1. The Morgan fingerprint density at radius 2 is 1.91 bits per heavy atom. The first kappa shape index (κ1) is 23.6. The predicted octanol–water partition coefficient (Wildman–Crippen LogP) is 4.41. The molecule has 1 aromatic carbocycles. The highest BCUT2D eigenvalue weighted by atomic mass is 32.1. The van der Waals surface area contributed by atoms with Crippen LogP contribution in [0.25, 0.3) is 0 Å². The van der Waals surface area contributed by atoms with Crippen molar-refractivity contribution in [2.75, 3.05) is 19.5 Å². The van der Waals surface area contributed by atoms with E-state index in [9.17, 15) is 14.9 Å². The molecule has 1 atom stereocenters. The van der Waals surface area contributed by atoms with E-state index in [1.54, 1.807) is 20.3 Å². The third kappa shape index (κ3) is 5.60. The minimum atomic E-state index is -0.957. The largest absolute Gasteiger partial charge is 0.493 e. The lowest BCUT2D eigenvalue weighted by Gasteiger charge is -2.13. The molecule has 1 heterocycles. The third-order valence-electron chi connectivity index (χ3n) is 5.51. The number of nitrogens with zero attached hydrogens (tertiary/aromatic N) is 1. The summed E-state index contributed by atoms with van der Waals surface area (Å²) in [5.41, 5.74) is 2.51. The van der Waals surface area contributed by atoms with E-state index in [0.29, 0.717) is 28.5 Å². The van der Waals surface area contributed by atoms with E-state index in [1.165, 1.54) is 23.1 Å². The number of benzene rings is 1. The molecule has 0 saturated heterocycles. The van der Waals surface area contributed by atoms with Crippen molar-refractivity contribution in [1.29, 1.82) is 5.26 Å². The molecule has 0 bridgehead atoms. The highest BCUT2D eigenvalue weighted by molar-refractivity contribution is 7.16. The first-order valence-electron chi connectivity index (χ1n) is 10.7. The first-order chi connectivity index (χ1) is 15.5. The zero-order chi connectivity index (χ0) is 23.1. The van der Waals surface area contributed by atoms with Gasteiger partial charge in [0.15, 0.2) is 17.6 Å². The van der Waals surface area contributed by atoms with Crippen LogP contribution in [0.4, 0.5) is 5.00 Å². The van der Waals surface area contributed by atoms with Crippen LogP contribution in [-0.2, 0) is 33.6 Å². The standard InChI is InChI=1S/C24H28N2O5S/c1-15(31-22(27)12-10-16-9-11-19(29-2)20(13-16)30-3)23(28)26-24-18(14-25)17-7-5-4-6-8-21(17)32-24/h9,11,13,15H,4-8,10,12H2,1-3H3,(H,26,28). The molecule has 8 heteroatoms. The number of ether oxygens (including phenoxy) is 3. The van der Waals surface area contributed by atoms with E-state index < -0.39 is 18.0 Å². The molecule has 1 amide bonds. The van der Waals surface area contributed by atoms with Crippen LogP contribution >= 0.6 is 11.3 Å². The Morgan fingerprint density at radius 3 is 2.62 bits per heavy atom. The van der Waals surface area contributed by atoms with Crippen LogP contribution < -0.4 is 14.8 Å². The smallest absolute Gasteiger partial charge is 0.306 e. The SMILES string of the molecule is COc1ccc(CCC(=O)OC(C)C(=O)Nc2sc3c(c2C#N)CCCCC3)cc1OC. The summed E-state index contributed by atoms with van der Waals surface area (Å²) in [6, 6.07) is 7.69. The van der Waals surface area contributed by atoms with Crippen molar-refractivity contribution in [2.45, 2.75) is 58.0 Å². The fraction of sp³-hybridized carbons (Fsp3) is 0.458. The lowest BCUT2D eigenvalue weighted by Crippen LogP contribution is -2.30. The van der Waals surface area contributed by atoms with Gasteiger partial charge in [0.1, 0.15) is 11.1 Å². The monoisotopic (exact) mass is 456 g/mol. The Morgan fingerprint density at radius 1 is 1.16 bits per heavy atom. The van der Waals surface area contributed by atoms with Gasteiger partial charge in [-0.25, -0.2) is 0 Å². The number of esters is 1. The number of rotatable bonds is 8. The number of carbonyl (C=O) groups excluding carboxylic acids is 2. The third-order valence-corrected chi connectivity index (χ3v) is 6.72. The second-order valence-electron chi connectivity index (χ2n) is 7.69. The number of carbonyl (C=O) groups is 2. The summed E-state index contributed by atoms with van der Waals surface area (Å²) in [5.74, 6) is 0.308. The summed E-state index contributed by atoms with van der Waals surface area (Å²) < 4.78 is 15.8. The maximum absolute atomic E-state index is 12.6. The molecular formula is C24H28N2O5S. The minimum absolute atomic E-state index is 0.129. The summed E-state index contributed by atoms with van der Waals surface area (Å²) in [4.78, 5) is 26.1. The molecule has 1 aromatic heterocycles. The molecule has 3 rings (SSSR count). The number of aryl methyl sites for hydroxylation is 2. The van der Waals surface area contributed by atoms with Gasteiger partial charge >= 0.3 is 5.97 Å². The Bertz CT molecular complexity index is 1020. The average Bonchev–Trinajstić information content (AvgIpc) is 2.95. The van der Waals surface area contributed by atoms with Gasteiger partial charge in [-0.2, -0.15) is 5.26 Å². The number of hydrogen-bond acceptors (Lipinski definition) is 7. The van der Waals surface area contributed by atoms with Crippen LogP contribution in [0.3, 0.4) is 0 Å². The van der Waals surface area contributed by atoms with Crippen LogP contribution in [0.5, 0.6) is 11.5 Å².